The molecule has 1 aliphatic rings. The van der Waals surface area contributed by atoms with Gasteiger partial charge in [0.05, 0.1) is 0 Å². The molecule has 3 unspecified atom stereocenters. The zero-order valence-corrected chi connectivity index (χ0v) is 21.8. The second kappa shape index (κ2) is 13.9. The van der Waals surface area contributed by atoms with Crippen molar-refractivity contribution in [2.45, 2.75) is 84.7 Å². The third kappa shape index (κ3) is 11.8. The van der Waals surface area contributed by atoms with Crippen LogP contribution in [0, 0.1) is 5.41 Å². The first-order chi connectivity index (χ1) is 15.3. The van der Waals surface area contributed by atoms with Gasteiger partial charge in [-0.25, -0.2) is 0 Å². The molecule has 5 atom stereocenters. The van der Waals surface area contributed by atoms with Crippen LogP contribution in [0.2, 0.25) is 0 Å². The Morgan fingerprint density at radius 3 is 1.88 bits per heavy atom. The normalized spacial score (nSPS) is 25.4. The van der Waals surface area contributed by atoms with Crippen molar-refractivity contribution in [3.05, 3.63) is 12.2 Å². The van der Waals surface area contributed by atoms with Crippen LogP contribution >= 0.6 is 21.6 Å². The fourth-order valence-electron chi connectivity index (χ4n) is 2.92. The van der Waals surface area contributed by atoms with Crippen LogP contribution in [0.15, 0.2) is 12.2 Å². The smallest absolute Gasteiger partial charge is 0.303 e. The Morgan fingerprint density at radius 1 is 0.818 bits per heavy atom. The second-order valence-corrected chi connectivity index (χ2v) is 11.2. The van der Waals surface area contributed by atoms with E-state index in [1.807, 2.05) is 6.08 Å². The first-order valence-corrected chi connectivity index (χ1v) is 12.9. The van der Waals surface area contributed by atoms with E-state index in [9.17, 15) is 19.2 Å². The molecular weight excluding hydrogens is 472 g/mol. The third-order valence-electron chi connectivity index (χ3n) is 4.17. The number of ether oxygens (including phenoxy) is 5. The number of allylic oxidation sites excluding steroid dienone is 1. The summed E-state index contributed by atoms with van der Waals surface area (Å²) in [6.45, 7) is 11.1. The minimum atomic E-state index is -1.14. The van der Waals surface area contributed by atoms with Crippen LogP contribution in [0.4, 0.5) is 0 Å². The SMILES string of the molecule is CC(=O)OCC1O[C@@H](SSC/C=C\CC(C)(C)C)C(OC(C)=O)C(OC(C)=O)[C@@H]1OC(C)=O. The van der Waals surface area contributed by atoms with Crippen molar-refractivity contribution >= 4 is 45.5 Å². The van der Waals surface area contributed by atoms with Gasteiger partial charge in [-0.2, -0.15) is 0 Å². The molecule has 0 spiro atoms. The molecular formula is C22H34O9S2. The van der Waals surface area contributed by atoms with Crippen molar-refractivity contribution < 1.29 is 42.9 Å². The molecule has 0 aromatic carbocycles. The van der Waals surface area contributed by atoms with Crippen LogP contribution in [0.3, 0.4) is 0 Å². The van der Waals surface area contributed by atoms with E-state index < -0.39 is 53.7 Å². The highest BCUT2D eigenvalue weighted by atomic mass is 33.1. The Bertz CT molecular complexity index is 717. The summed E-state index contributed by atoms with van der Waals surface area (Å²) in [6, 6.07) is 0. The molecule has 1 fully saturated rings. The fourth-order valence-corrected chi connectivity index (χ4v) is 5.19. The first kappa shape index (κ1) is 29.3. The van der Waals surface area contributed by atoms with Gasteiger partial charge >= 0.3 is 23.9 Å². The molecule has 0 aromatic rings. The summed E-state index contributed by atoms with van der Waals surface area (Å²) in [4.78, 5) is 46.7. The first-order valence-electron chi connectivity index (χ1n) is 10.5. The average Bonchev–Trinajstić information content (AvgIpc) is 2.65. The van der Waals surface area contributed by atoms with Crippen molar-refractivity contribution in [3.63, 3.8) is 0 Å². The maximum Gasteiger partial charge on any atom is 0.303 e. The molecule has 1 aliphatic heterocycles. The molecule has 0 radical (unpaired) electrons. The molecule has 33 heavy (non-hydrogen) atoms. The molecule has 0 saturated carbocycles. The van der Waals surface area contributed by atoms with Crippen LogP contribution in [0.5, 0.6) is 0 Å². The summed E-state index contributed by atoms with van der Waals surface area (Å²) < 4.78 is 27.3. The standard InChI is InChI=1S/C22H34O9S2/c1-13(23)27-12-17-18(28-14(2)24)19(29-15(3)25)20(30-16(4)26)21(31-17)33-32-11-9-8-10-22(5,6)7/h8-9,17-21H,10-12H2,1-7H3/b9-8-/t17?,18-,19?,20?,21+/m1/s1. The lowest BCUT2D eigenvalue weighted by atomic mass is 9.92. The van der Waals surface area contributed by atoms with E-state index in [1.54, 1.807) is 0 Å². The van der Waals surface area contributed by atoms with Crippen molar-refractivity contribution in [1.82, 2.24) is 0 Å². The van der Waals surface area contributed by atoms with Gasteiger partial charge in [-0.15, -0.1) is 0 Å². The van der Waals surface area contributed by atoms with Gasteiger partial charge in [0.2, 0.25) is 0 Å². The van der Waals surface area contributed by atoms with E-state index in [-0.39, 0.29) is 12.0 Å². The molecule has 1 saturated heterocycles. The van der Waals surface area contributed by atoms with E-state index in [0.29, 0.717) is 5.75 Å². The van der Waals surface area contributed by atoms with Gasteiger partial charge in [0, 0.05) is 33.4 Å². The summed E-state index contributed by atoms with van der Waals surface area (Å²) in [5.41, 5.74) is -0.583. The Kier molecular flexibility index (Phi) is 12.3. The van der Waals surface area contributed by atoms with Crippen LogP contribution in [0.1, 0.15) is 54.9 Å². The van der Waals surface area contributed by atoms with Crippen LogP contribution in [0.25, 0.3) is 0 Å². The van der Waals surface area contributed by atoms with Crippen molar-refractivity contribution in [2.24, 2.45) is 5.41 Å². The maximum absolute atomic E-state index is 11.8. The number of hydrogen-bond donors (Lipinski definition) is 0. The van der Waals surface area contributed by atoms with Gasteiger partial charge < -0.3 is 23.7 Å². The van der Waals surface area contributed by atoms with Crippen LogP contribution in [-0.2, 0) is 42.9 Å². The zero-order valence-electron chi connectivity index (χ0n) is 20.2. The Balaban J connectivity index is 3.08. The molecule has 188 valence electrons. The number of carbonyl (C=O) groups is 4. The maximum atomic E-state index is 11.8. The third-order valence-corrected chi connectivity index (χ3v) is 6.59. The second-order valence-electron chi connectivity index (χ2n) is 8.68. The van der Waals surface area contributed by atoms with Crippen molar-refractivity contribution in [3.8, 4) is 0 Å². The molecule has 1 heterocycles. The van der Waals surface area contributed by atoms with E-state index in [4.69, 9.17) is 23.7 Å². The van der Waals surface area contributed by atoms with E-state index >= 15 is 0 Å². The number of rotatable bonds is 10. The molecule has 11 heteroatoms. The molecule has 0 N–H and O–H groups in total. The highest BCUT2D eigenvalue weighted by molar-refractivity contribution is 8.76. The molecule has 1 rings (SSSR count). The molecule has 0 aromatic heterocycles. The Labute approximate surface area is 203 Å². The van der Waals surface area contributed by atoms with Crippen molar-refractivity contribution in [2.75, 3.05) is 12.4 Å². The summed E-state index contributed by atoms with van der Waals surface area (Å²) >= 11 is 0. The van der Waals surface area contributed by atoms with Gasteiger partial charge in [-0.3, -0.25) is 19.2 Å². The summed E-state index contributed by atoms with van der Waals surface area (Å²) in [6.07, 6.45) is 0.818. The number of carbonyl (C=O) groups excluding carboxylic acids is 4. The largest absolute Gasteiger partial charge is 0.463 e. The number of hydrogen-bond acceptors (Lipinski definition) is 11. The molecule has 0 amide bonds. The average molecular weight is 507 g/mol. The summed E-state index contributed by atoms with van der Waals surface area (Å²) in [7, 11) is 2.75. The van der Waals surface area contributed by atoms with Gasteiger partial charge in [0.15, 0.2) is 23.7 Å². The monoisotopic (exact) mass is 506 g/mol. The summed E-state index contributed by atoms with van der Waals surface area (Å²) in [5, 5.41) is 0. The highest BCUT2D eigenvalue weighted by Gasteiger charge is 2.52. The molecule has 9 nitrogen and oxygen atoms in total. The molecule has 0 aliphatic carbocycles. The van der Waals surface area contributed by atoms with Gasteiger partial charge in [0.1, 0.15) is 12.7 Å². The van der Waals surface area contributed by atoms with Gasteiger partial charge in [0.25, 0.3) is 0 Å². The lowest BCUT2D eigenvalue weighted by molar-refractivity contribution is -0.237. The minimum Gasteiger partial charge on any atom is -0.463 e. The lowest BCUT2D eigenvalue weighted by Crippen LogP contribution is -2.61. The fraction of sp³-hybridized carbons (Fsp3) is 0.727. The highest BCUT2D eigenvalue weighted by Crippen LogP contribution is 2.39. The van der Waals surface area contributed by atoms with Gasteiger partial charge in [-0.1, -0.05) is 54.5 Å². The van der Waals surface area contributed by atoms with Crippen LogP contribution in [-0.4, -0.2) is 66.1 Å². The number of esters is 4. The lowest BCUT2D eigenvalue weighted by Gasteiger charge is -2.43. The van der Waals surface area contributed by atoms with E-state index in [0.717, 1.165) is 6.42 Å². The van der Waals surface area contributed by atoms with E-state index in [2.05, 4.69) is 26.8 Å². The predicted molar refractivity (Wildman–Crippen MR) is 125 cm³/mol. The zero-order chi connectivity index (χ0) is 25.2. The topological polar surface area (TPSA) is 114 Å². The van der Waals surface area contributed by atoms with Crippen molar-refractivity contribution in [1.29, 1.82) is 0 Å². The Hall–Kier alpha value is -1.72. The molecule has 0 bridgehead atoms. The van der Waals surface area contributed by atoms with Gasteiger partial charge in [-0.05, 0) is 11.8 Å². The summed E-state index contributed by atoms with van der Waals surface area (Å²) in [5.74, 6) is -1.80. The van der Waals surface area contributed by atoms with E-state index in [1.165, 1.54) is 49.3 Å². The quantitative estimate of drug-likeness (QED) is 0.143. The van der Waals surface area contributed by atoms with Crippen LogP contribution < -0.4 is 0 Å². The minimum absolute atomic E-state index is 0.189. The Morgan fingerprint density at radius 2 is 1.36 bits per heavy atom. The predicted octanol–water partition coefficient (Wildman–Crippen LogP) is 3.44.